The number of thioether (sulfide) groups is 1. The van der Waals surface area contributed by atoms with Crippen molar-refractivity contribution in [1.29, 1.82) is 0 Å². The number of thiazole rings is 1. The lowest BCUT2D eigenvalue weighted by atomic mass is 10.2. The summed E-state index contributed by atoms with van der Waals surface area (Å²) in [5, 5.41) is 6.33. The van der Waals surface area contributed by atoms with Crippen molar-refractivity contribution in [3.8, 4) is 11.3 Å². The second-order valence-corrected chi connectivity index (χ2v) is 8.11. The Morgan fingerprint density at radius 1 is 1.20 bits per heavy atom. The summed E-state index contributed by atoms with van der Waals surface area (Å²) in [6.07, 6.45) is 0. The van der Waals surface area contributed by atoms with Crippen molar-refractivity contribution < 1.29 is 4.79 Å². The molecule has 0 bridgehead atoms. The maximum Gasteiger partial charge on any atom is 0.257 e. The topological polar surface area (TPSA) is 42.0 Å². The minimum absolute atomic E-state index is 0.189. The summed E-state index contributed by atoms with van der Waals surface area (Å²) in [7, 11) is 0. The van der Waals surface area contributed by atoms with Crippen LogP contribution in [0.15, 0.2) is 52.7 Å². The highest BCUT2D eigenvalue weighted by molar-refractivity contribution is 7.99. The quantitative estimate of drug-likeness (QED) is 0.491. The molecule has 0 aliphatic rings. The fourth-order valence-corrected chi connectivity index (χ4v) is 3.94. The third-order valence-corrected chi connectivity index (χ3v) is 5.57. The zero-order valence-electron chi connectivity index (χ0n) is 13.3. The van der Waals surface area contributed by atoms with Crippen LogP contribution >= 0.6 is 46.3 Å². The molecule has 0 unspecified atom stereocenters. The van der Waals surface area contributed by atoms with Gasteiger partial charge >= 0.3 is 0 Å². The molecule has 0 aliphatic heterocycles. The van der Waals surface area contributed by atoms with Crippen molar-refractivity contribution in [1.82, 2.24) is 4.98 Å². The van der Waals surface area contributed by atoms with E-state index in [9.17, 15) is 4.79 Å². The molecule has 25 heavy (non-hydrogen) atoms. The van der Waals surface area contributed by atoms with Crippen LogP contribution in [-0.2, 0) is 0 Å². The first-order valence-corrected chi connectivity index (χ1v) is 10.1. The summed E-state index contributed by atoms with van der Waals surface area (Å²) >= 11 is 15.3. The predicted octanol–water partition coefficient (Wildman–Crippen LogP) is 6.48. The molecule has 0 saturated carbocycles. The molecule has 0 aliphatic carbocycles. The van der Waals surface area contributed by atoms with Gasteiger partial charge in [-0.1, -0.05) is 30.1 Å². The molecular weight excluding hydrogens is 395 g/mol. The van der Waals surface area contributed by atoms with Gasteiger partial charge in [0.15, 0.2) is 5.13 Å². The molecule has 1 aromatic heterocycles. The standard InChI is InChI=1S/C18H14Cl2N2OS2/c1-2-24-13-6-3-11(4-7-13)17(23)22-18-21-16(10-25-18)14-9-12(19)5-8-15(14)20/h3-10H,2H2,1H3,(H,21,22,23). The average molecular weight is 409 g/mol. The monoisotopic (exact) mass is 408 g/mol. The minimum Gasteiger partial charge on any atom is -0.298 e. The molecule has 0 radical (unpaired) electrons. The van der Waals surface area contributed by atoms with Gasteiger partial charge < -0.3 is 0 Å². The van der Waals surface area contributed by atoms with Crippen LogP contribution in [0.4, 0.5) is 5.13 Å². The van der Waals surface area contributed by atoms with Crippen LogP contribution in [0, 0.1) is 0 Å². The summed E-state index contributed by atoms with van der Waals surface area (Å²) in [6.45, 7) is 2.09. The summed E-state index contributed by atoms with van der Waals surface area (Å²) in [4.78, 5) is 17.9. The predicted molar refractivity (Wildman–Crippen MR) is 108 cm³/mol. The van der Waals surface area contributed by atoms with Gasteiger partial charge in [-0.05, 0) is 48.2 Å². The Balaban J connectivity index is 1.74. The van der Waals surface area contributed by atoms with Gasteiger partial charge in [-0.25, -0.2) is 4.98 Å². The van der Waals surface area contributed by atoms with Crippen molar-refractivity contribution >= 4 is 57.3 Å². The Morgan fingerprint density at radius 2 is 1.96 bits per heavy atom. The maximum atomic E-state index is 12.4. The second kappa shape index (κ2) is 8.23. The lowest BCUT2D eigenvalue weighted by molar-refractivity contribution is 0.102. The maximum absolute atomic E-state index is 12.4. The Morgan fingerprint density at radius 3 is 2.68 bits per heavy atom. The van der Waals surface area contributed by atoms with Crippen molar-refractivity contribution in [2.45, 2.75) is 11.8 Å². The van der Waals surface area contributed by atoms with E-state index >= 15 is 0 Å². The zero-order chi connectivity index (χ0) is 17.8. The first kappa shape index (κ1) is 18.3. The number of nitrogens with zero attached hydrogens (tertiary/aromatic N) is 1. The van der Waals surface area contributed by atoms with E-state index in [1.807, 2.05) is 29.6 Å². The average Bonchev–Trinajstić information content (AvgIpc) is 3.06. The molecule has 0 spiro atoms. The fraction of sp³-hybridized carbons (Fsp3) is 0.111. The number of nitrogens with one attached hydrogen (secondary N) is 1. The number of anilines is 1. The molecule has 128 valence electrons. The molecule has 0 saturated heterocycles. The number of hydrogen-bond acceptors (Lipinski definition) is 4. The van der Waals surface area contributed by atoms with Gasteiger partial charge in [-0.15, -0.1) is 23.1 Å². The van der Waals surface area contributed by atoms with Crippen molar-refractivity contribution in [2.24, 2.45) is 0 Å². The first-order chi connectivity index (χ1) is 12.1. The van der Waals surface area contributed by atoms with Gasteiger partial charge in [-0.3, -0.25) is 10.1 Å². The van der Waals surface area contributed by atoms with E-state index in [-0.39, 0.29) is 5.91 Å². The summed E-state index contributed by atoms with van der Waals surface area (Å²) < 4.78 is 0. The molecule has 0 atom stereocenters. The molecule has 7 heteroatoms. The lowest BCUT2D eigenvalue weighted by Gasteiger charge is -2.04. The number of amides is 1. The number of aromatic nitrogens is 1. The van der Waals surface area contributed by atoms with Crippen molar-refractivity contribution in [3.05, 3.63) is 63.5 Å². The first-order valence-electron chi connectivity index (χ1n) is 7.52. The van der Waals surface area contributed by atoms with E-state index in [1.165, 1.54) is 11.3 Å². The van der Waals surface area contributed by atoms with Crippen LogP contribution in [0.25, 0.3) is 11.3 Å². The van der Waals surface area contributed by atoms with E-state index in [4.69, 9.17) is 23.2 Å². The van der Waals surface area contributed by atoms with Crippen LogP contribution in [-0.4, -0.2) is 16.6 Å². The van der Waals surface area contributed by atoms with Crippen molar-refractivity contribution in [3.63, 3.8) is 0 Å². The highest BCUT2D eigenvalue weighted by Gasteiger charge is 2.12. The molecule has 1 heterocycles. The van der Waals surface area contributed by atoms with E-state index in [2.05, 4.69) is 17.2 Å². The molecule has 1 amide bonds. The van der Waals surface area contributed by atoms with Crippen LogP contribution in [0.2, 0.25) is 10.0 Å². The van der Waals surface area contributed by atoms with Gasteiger partial charge in [0.2, 0.25) is 0 Å². The molecule has 0 fully saturated rings. The summed E-state index contributed by atoms with van der Waals surface area (Å²) in [5.41, 5.74) is 2.02. The number of benzene rings is 2. The lowest BCUT2D eigenvalue weighted by Crippen LogP contribution is -2.11. The smallest absolute Gasteiger partial charge is 0.257 e. The molecule has 3 rings (SSSR count). The van der Waals surface area contributed by atoms with E-state index in [1.54, 1.807) is 30.0 Å². The number of hydrogen-bond donors (Lipinski definition) is 1. The van der Waals surface area contributed by atoms with E-state index in [0.717, 1.165) is 16.2 Å². The summed E-state index contributed by atoms with van der Waals surface area (Å²) in [5.74, 6) is 0.811. The largest absolute Gasteiger partial charge is 0.298 e. The zero-order valence-corrected chi connectivity index (χ0v) is 16.4. The summed E-state index contributed by atoms with van der Waals surface area (Å²) in [6, 6.07) is 12.7. The van der Waals surface area contributed by atoms with Crippen LogP contribution in [0.5, 0.6) is 0 Å². The van der Waals surface area contributed by atoms with Gasteiger partial charge in [0.1, 0.15) is 0 Å². The Hall–Kier alpha value is -1.53. The number of carbonyl (C=O) groups is 1. The Bertz CT molecular complexity index is 894. The molecule has 2 aromatic carbocycles. The van der Waals surface area contributed by atoms with E-state index < -0.39 is 0 Å². The number of rotatable bonds is 5. The van der Waals surface area contributed by atoms with Crippen LogP contribution in [0.1, 0.15) is 17.3 Å². The Kier molecular flexibility index (Phi) is 6.02. The number of halogens is 2. The molecule has 1 N–H and O–H groups in total. The fourth-order valence-electron chi connectivity index (χ4n) is 2.19. The van der Waals surface area contributed by atoms with Gasteiger partial charge in [0.25, 0.3) is 5.91 Å². The Labute approximate surface area is 164 Å². The van der Waals surface area contributed by atoms with Crippen LogP contribution in [0.3, 0.4) is 0 Å². The highest BCUT2D eigenvalue weighted by Crippen LogP contribution is 2.32. The minimum atomic E-state index is -0.189. The van der Waals surface area contributed by atoms with Gasteiger partial charge in [0, 0.05) is 26.4 Å². The van der Waals surface area contributed by atoms with Crippen LogP contribution < -0.4 is 5.32 Å². The normalized spacial score (nSPS) is 10.7. The van der Waals surface area contributed by atoms with Crippen molar-refractivity contribution in [2.75, 3.05) is 11.1 Å². The van der Waals surface area contributed by atoms with Gasteiger partial charge in [0.05, 0.1) is 10.7 Å². The highest BCUT2D eigenvalue weighted by atomic mass is 35.5. The third kappa shape index (κ3) is 4.55. The van der Waals surface area contributed by atoms with Gasteiger partial charge in [-0.2, -0.15) is 0 Å². The SMILES string of the molecule is CCSc1ccc(C(=O)Nc2nc(-c3cc(Cl)ccc3Cl)cs2)cc1. The third-order valence-electron chi connectivity index (χ3n) is 3.36. The second-order valence-electron chi connectivity index (χ2n) is 5.07. The molecule has 3 nitrogen and oxygen atoms in total. The van der Waals surface area contributed by atoms with E-state index in [0.29, 0.717) is 26.4 Å². The number of carbonyl (C=O) groups excluding carboxylic acids is 1. The molecule has 3 aromatic rings. The molecular formula is C18H14Cl2N2OS2.